The van der Waals surface area contributed by atoms with Gasteiger partial charge in [0.1, 0.15) is 12.4 Å². The number of quaternary nitrogens is 1. The number of Topliss-reactive ketones (excluding diaryl/α,β-unsaturated/α-hetero) is 1. The lowest BCUT2D eigenvalue weighted by Crippen LogP contribution is -3.12. The van der Waals surface area contributed by atoms with E-state index in [4.69, 9.17) is 4.74 Å². The summed E-state index contributed by atoms with van der Waals surface area (Å²) in [7, 11) is 0. The molecule has 0 spiro atoms. The quantitative estimate of drug-likeness (QED) is 0.262. The Morgan fingerprint density at radius 2 is 1.81 bits per heavy atom. The second kappa shape index (κ2) is 11.5. The summed E-state index contributed by atoms with van der Waals surface area (Å²) in [5, 5.41) is 15.6. The van der Waals surface area contributed by atoms with Crippen LogP contribution in [-0.2, 0) is 16.2 Å². The number of hydrogen-bond donors (Lipinski definition) is 1. The van der Waals surface area contributed by atoms with Crippen molar-refractivity contribution < 1.29 is 24.3 Å². The zero-order chi connectivity index (χ0) is 25.7. The Morgan fingerprint density at radius 3 is 2.44 bits per heavy atom. The first kappa shape index (κ1) is 25.7. The molecular formula is C29H32N2O4S. The monoisotopic (exact) mass is 504 g/mol. The molecule has 188 valence electrons. The average Bonchev–Trinajstić information content (AvgIpc) is 3.51. The number of aryl methyl sites for hydroxylation is 1. The van der Waals surface area contributed by atoms with Gasteiger partial charge in [-0.1, -0.05) is 48.2 Å². The van der Waals surface area contributed by atoms with Gasteiger partial charge in [0.25, 0.3) is 5.91 Å². The molecule has 0 radical (unpaired) electrons. The number of ketones is 1. The third kappa shape index (κ3) is 5.37. The van der Waals surface area contributed by atoms with Gasteiger partial charge >= 0.3 is 0 Å². The summed E-state index contributed by atoms with van der Waals surface area (Å²) in [5.74, 6) is -1.02. The van der Waals surface area contributed by atoms with E-state index < -0.39 is 23.5 Å². The first-order chi connectivity index (χ1) is 17.4. The third-order valence-electron chi connectivity index (χ3n) is 6.72. The summed E-state index contributed by atoms with van der Waals surface area (Å²) in [6, 6.07) is 18.1. The molecule has 7 heteroatoms. The Bertz CT molecular complexity index is 1230. The minimum atomic E-state index is -0.699. The smallest absolute Gasteiger partial charge is 0.295 e. The zero-order valence-electron chi connectivity index (χ0n) is 21.0. The molecule has 36 heavy (non-hydrogen) atoms. The van der Waals surface area contributed by atoms with Crippen molar-refractivity contribution in [3.8, 4) is 5.75 Å². The maximum atomic E-state index is 13.7. The van der Waals surface area contributed by atoms with E-state index in [0.717, 1.165) is 35.6 Å². The molecule has 1 atom stereocenters. The van der Waals surface area contributed by atoms with Gasteiger partial charge < -0.3 is 19.6 Å². The maximum absolute atomic E-state index is 13.7. The second-order valence-corrected chi connectivity index (χ2v) is 9.93. The summed E-state index contributed by atoms with van der Waals surface area (Å²) in [6.07, 6.45) is 0. The molecule has 1 amide bonds. The van der Waals surface area contributed by atoms with Crippen molar-refractivity contribution in [3.05, 3.63) is 93.2 Å². The van der Waals surface area contributed by atoms with Crippen LogP contribution in [0.4, 0.5) is 0 Å². The van der Waals surface area contributed by atoms with Gasteiger partial charge in [-0.3, -0.25) is 9.59 Å². The van der Waals surface area contributed by atoms with Crippen molar-refractivity contribution in [2.24, 2.45) is 0 Å². The Morgan fingerprint density at radius 1 is 1.06 bits per heavy atom. The van der Waals surface area contributed by atoms with Crippen LogP contribution in [0.15, 0.2) is 71.6 Å². The number of amides is 1. The molecular weight excluding hydrogens is 472 g/mol. The van der Waals surface area contributed by atoms with Crippen LogP contribution in [0.1, 0.15) is 41.5 Å². The molecule has 4 rings (SSSR count). The van der Waals surface area contributed by atoms with Crippen molar-refractivity contribution in [3.63, 3.8) is 0 Å². The van der Waals surface area contributed by atoms with Gasteiger partial charge in [-0.25, -0.2) is 0 Å². The van der Waals surface area contributed by atoms with E-state index in [2.05, 4.69) is 13.8 Å². The van der Waals surface area contributed by atoms with Crippen molar-refractivity contribution in [1.82, 2.24) is 4.90 Å². The summed E-state index contributed by atoms with van der Waals surface area (Å²) >= 11 is 1.45. The van der Waals surface area contributed by atoms with Gasteiger partial charge in [-0.05, 0) is 61.0 Å². The number of thiophene rings is 1. The van der Waals surface area contributed by atoms with E-state index in [0.29, 0.717) is 24.5 Å². The maximum Gasteiger partial charge on any atom is 0.295 e. The molecule has 6 nitrogen and oxygen atoms in total. The largest absolute Gasteiger partial charge is 0.872 e. The fourth-order valence-electron chi connectivity index (χ4n) is 4.57. The zero-order valence-corrected chi connectivity index (χ0v) is 21.8. The topological polar surface area (TPSA) is 74.1 Å². The molecule has 1 fully saturated rings. The molecule has 1 unspecified atom stereocenters. The number of nitrogens with one attached hydrogen (secondary N) is 1. The molecule has 1 aromatic heterocycles. The van der Waals surface area contributed by atoms with Gasteiger partial charge in [-0.2, -0.15) is 0 Å². The number of carbonyl (C=O) groups excluding carboxylic acids is 2. The van der Waals surface area contributed by atoms with Crippen LogP contribution >= 0.6 is 11.3 Å². The first-order valence-corrected chi connectivity index (χ1v) is 13.2. The van der Waals surface area contributed by atoms with Gasteiger partial charge in [0.15, 0.2) is 0 Å². The van der Waals surface area contributed by atoms with Gasteiger partial charge in [0, 0.05) is 10.5 Å². The van der Waals surface area contributed by atoms with Crippen molar-refractivity contribution in [1.29, 1.82) is 0 Å². The molecule has 1 N–H and O–H groups in total. The predicted molar refractivity (Wildman–Crippen MR) is 140 cm³/mol. The number of likely N-dealkylation sites (tertiary alicyclic amines) is 1. The summed E-state index contributed by atoms with van der Waals surface area (Å²) in [5.41, 5.74) is 2.26. The number of nitrogens with zero attached hydrogens (tertiary/aromatic N) is 1. The normalized spacial score (nSPS) is 17.2. The van der Waals surface area contributed by atoms with E-state index in [-0.39, 0.29) is 5.57 Å². The van der Waals surface area contributed by atoms with E-state index in [9.17, 15) is 14.7 Å². The second-order valence-electron chi connectivity index (χ2n) is 8.95. The average molecular weight is 505 g/mol. The standard InChI is InChI=1S/C29H32N2O4S/c1-4-30(5-2)15-16-31-26(24-12-9-17-36-24)25(28(33)29(31)34)27(32)22-13-14-23(20(3)18-22)35-19-21-10-7-6-8-11-21/h6-14,17-18,26,32H,4-5,15-16,19H2,1-3H3. The highest BCUT2D eigenvalue weighted by Gasteiger charge is 2.44. The van der Waals surface area contributed by atoms with E-state index >= 15 is 0 Å². The minimum absolute atomic E-state index is 0.0364. The Kier molecular flexibility index (Phi) is 8.23. The van der Waals surface area contributed by atoms with E-state index in [1.807, 2.05) is 54.8 Å². The lowest BCUT2D eigenvalue weighted by molar-refractivity contribution is -0.895. The van der Waals surface area contributed by atoms with Crippen LogP contribution < -0.4 is 14.7 Å². The van der Waals surface area contributed by atoms with Crippen LogP contribution in [-0.4, -0.2) is 42.8 Å². The summed E-state index contributed by atoms with van der Waals surface area (Å²) < 4.78 is 5.95. The number of ether oxygens (including phenoxy) is 1. The molecule has 1 aliphatic heterocycles. The molecule has 0 bridgehead atoms. The summed E-state index contributed by atoms with van der Waals surface area (Å²) in [6.45, 7) is 9.51. The Hall–Kier alpha value is -3.42. The fourth-order valence-corrected chi connectivity index (χ4v) is 5.41. The molecule has 3 aromatic rings. The molecule has 2 aromatic carbocycles. The molecule has 0 aliphatic carbocycles. The van der Waals surface area contributed by atoms with Crippen molar-refractivity contribution in [2.75, 3.05) is 26.2 Å². The molecule has 1 aliphatic rings. The van der Waals surface area contributed by atoms with Crippen LogP contribution in [0, 0.1) is 6.92 Å². The Labute approximate surface area is 216 Å². The number of benzene rings is 2. The van der Waals surface area contributed by atoms with Gasteiger partial charge in [0.05, 0.1) is 32.2 Å². The van der Waals surface area contributed by atoms with E-state index in [1.165, 1.54) is 16.2 Å². The third-order valence-corrected chi connectivity index (χ3v) is 7.65. The number of rotatable bonds is 10. The van der Waals surface area contributed by atoms with Crippen LogP contribution in [0.3, 0.4) is 0 Å². The first-order valence-electron chi connectivity index (χ1n) is 12.4. The Balaban J connectivity index is 1.64. The minimum Gasteiger partial charge on any atom is -0.872 e. The predicted octanol–water partition coefficient (Wildman–Crippen LogP) is 2.78. The lowest BCUT2D eigenvalue weighted by atomic mass is 9.98. The lowest BCUT2D eigenvalue weighted by Gasteiger charge is -2.27. The molecule has 1 saturated heterocycles. The fraction of sp³-hybridized carbons (Fsp3) is 0.310. The number of hydrogen-bond acceptors (Lipinski definition) is 5. The molecule has 0 saturated carbocycles. The van der Waals surface area contributed by atoms with Crippen molar-refractivity contribution >= 4 is 28.8 Å². The van der Waals surface area contributed by atoms with Crippen molar-refractivity contribution in [2.45, 2.75) is 33.4 Å². The SMILES string of the molecule is CC[NH+](CC)CCN1C(=O)C(=O)C(=C([O-])c2ccc(OCc3ccccc3)c(C)c2)C1c1cccs1. The van der Waals surface area contributed by atoms with Gasteiger partial charge in [-0.15, -0.1) is 11.3 Å². The summed E-state index contributed by atoms with van der Waals surface area (Å²) in [4.78, 5) is 30.0. The molecule has 2 heterocycles. The van der Waals surface area contributed by atoms with Crippen LogP contribution in [0.25, 0.3) is 5.76 Å². The van der Waals surface area contributed by atoms with Crippen LogP contribution in [0.5, 0.6) is 5.75 Å². The highest BCUT2D eigenvalue weighted by atomic mass is 32.1. The number of likely N-dealkylation sites (N-methyl/N-ethyl adjacent to an activating group) is 1. The highest BCUT2D eigenvalue weighted by Crippen LogP contribution is 2.40. The van der Waals surface area contributed by atoms with Crippen LogP contribution in [0.2, 0.25) is 0 Å². The highest BCUT2D eigenvalue weighted by molar-refractivity contribution is 7.10. The van der Waals surface area contributed by atoms with Gasteiger partial charge in [0.2, 0.25) is 5.78 Å². The van der Waals surface area contributed by atoms with E-state index in [1.54, 1.807) is 23.1 Å². The number of carbonyl (C=O) groups is 2.